The highest BCUT2D eigenvalue weighted by atomic mass is 35.5. The highest BCUT2D eigenvalue weighted by Gasteiger charge is 2.16. The summed E-state index contributed by atoms with van der Waals surface area (Å²) in [6.07, 6.45) is 0. The van der Waals surface area contributed by atoms with Crippen LogP contribution in [0.4, 0.5) is 5.69 Å². The fourth-order valence-corrected chi connectivity index (χ4v) is 3.21. The second kappa shape index (κ2) is 6.23. The van der Waals surface area contributed by atoms with Crippen LogP contribution in [0.1, 0.15) is 11.1 Å². The van der Waals surface area contributed by atoms with Crippen molar-refractivity contribution in [1.82, 2.24) is 0 Å². The lowest BCUT2D eigenvalue weighted by molar-refractivity contribution is 0.601. The quantitative estimate of drug-likeness (QED) is 0.890. The van der Waals surface area contributed by atoms with E-state index in [0.717, 1.165) is 11.1 Å². The van der Waals surface area contributed by atoms with Gasteiger partial charge < -0.3 is 5.73 Å². The third kappa shape index (κ3) is 3.68. The Morgan fingerprint density at radius 2 is 1.81 bits per heavy atom. The number of sulfonamides is 1. The van der Waals surface area contributed by atoms with Crippen LogP contribution in [0.3, 0.4) is 0 Å². The van der Waals surface area contributed by atoms with Gasteiger partial charge in [0, 0.05) is 6.54 Å². The molecule has 2 aromatic carbocycles. The van der Waals surface area contributed by atoms with Crippen LogP contribution in [0.15, 0.2) is 41.3 Å². The molecule has 0 saturated heterocycles. The van der Waals surface area contributed by atoms with Crippen molar-refractivity contribution in [1.29, 1.82) is 0 Å². The fourth-order valence-electron chi connectivity index (χ4n) is 1.81. The summed E-state index contributed by atoms with van der Waals surface area (Å²) in [5, 5.41) is 0.642. The number of anilines is 1. The molecule has 0 radical (unpaired) electrons. The van der Waals surface area contributed by atoms with E-state index in [1.165, 1.54) is 18.2 Å². The number of nitrogens with one attached hydrogen (secondary N) is 1. The molecular formula is C14H14Cl2N2O2S. The van der Waals surface area contributed by atoms with Crippen LogP contribution in [0.2, 0.25) is 10.0 Å². The van der Waals surface area contributed by atoms with E-state index in [9.17, 15) is 8.42 Å². The predicted octanol–water partition coefficient (Wildman–Crippen LogP) is 3.56. The van der Waals surface area contributed by atoms with Crippen molar-refractivity contribution in [2.24, 2.45) is 5.73 Å². The first-order valence-corrected chi connectivity index (χ1v) is 8.35. The fraction of sp³-hybridized carbons (Fsp3) is 0.143. The largest absolute Gasteiger partial charge is 0.326 e. The number of hydrogen-bond acceptors (Lipinski definition) is 3. The summed E-state index contributed by atoms with van der Waals surface area (Å²) in [7, 11) is -3.70. The minimum absolute atomic E-state index is 0.152. The van der Waals surface area contributed by atoms with E-state index >= 15 is 0 Å². The summed E-state index contributed by atoms with van der Waals surface area (Å²) in [5.74, 6) is 0. The van der Waals surface area contributed by atoms with Gasteiger partial charge in [0.2, 0.25) is 0 Å². The minimum Gasteiger partial charge on any atom is -0.326 e. The average Bonchev–Trinajstić information content (AvgIpc) is 2.43. The van der Waals surface area contributed by atoms with Crippen molar-refractivity contribution in [3.63, 3.8) is 0 Å². The van der Waals surface area contributed by atoms with Gasteiger partial charge in [-0.3, -0.25) is 4.72 Å². The highest BCUT2D eigenvalue weighted by Crippen LogP contribution is 2.26. The Bertz CT molecular complexity index is 777. The molecule has 3 N–H and O–H groups in total. The molecule has 0 unspecified atom stereocenters. The van der Waals surface area contributed by atoms with Crippen LogP contribution in [-0.4, -0.2) is 8.42 Å². The lowest BCUT2D eigenvalue weighted by atomic mass is 10.1. The second-order valence-corrected chi connectivity index (χ2v) is 7.02. The Balaban J connectivity index is 2.35. The molecule has 0 spiro atoms. The molecule has 0 saturated carbocycles. The summed E-state index contributed by atoms with van der Waals surface area (Å²) >= 11 is 11.7. The molecule has 0 aliphatic carbocycles. The van der Waals surface area contributed by atoms with Crippen molar-refractivity contribution < 1.29 is 8.42 Å². The molecule has 2 rings (SSSR count). The Kier molecular flexibility index (Phi) is 4.78. The summed E-state index contributed by atoms with van der Waals surface area (Å²) in [5.41, 5.74) is 7.69. The third-order valence-electron chi connectivity index (χ3n) is 3.02. The van der Waals surface area contributed by atoms with Crippen molar-refractivity contribution in [3.05, 3.63) is 57.6 Å². The molecule has 112 valence electrons. The van der Waals surface area contributed by atoms with Crippen LogP contribution < -0.4 is 10.5 Å². The number of hydrogen-bond donors (Lipinski definition) is 2. The van der Waals surface area contributed by atoms with Crippen molar-refractivity contribution in [3.8, 4) is 0 Å². The number of aryl methyl sites for hydroxylation is 1. The molecule has 21 heavy (non-hydrogen) atoms. The molecule has 0 heterocycles. The first kappa shape index (κ1) is 16.1. The van der Waals surface area contributed by atoms with Gasteiger partial charge in [0.1, 0.15) is 0 Å². The molecule has 0 aliphatic heterocycles. The first-order valence-electron chi connectivity index (χ1n) is 6.11. The summed E-state index contributed by atoms with van der Waals surface area (Å²) in [6, 6.07) is 9.36. The molecule has 0 aliphatic rings. The predicted molar refractivity (Wildman–Crippen MR) is 86.3 cm³/mol. The Labute approximate surface area is 133 Å². The zero-order valence-corrected chi connectivity index (χ0v) is 13.6. The van der Waals surface area contributed by atoms with Crippen LogP contribution in [0.5, 0.6) is 0 Å². The number of halogens is 2. The van der Waals surface area contributed by atoms with Gasteiger partial charge in [-0.2, -0.15) is 0 Å². The second-order valence-electron chi connectivity index (χ2n) is 4.53. The highest BCUT2D eigenvalue weighted by molar-refractivity contribution is 7.92. The number of benzene rings is 2. The maximum Gasteiger partial charge on any atom is 0.261 e. The molecule has 0 bridgehead atoms. The lowest BCUT2D eigenvalue weighted by Gasteiger charge is -2.11. The Hall–Kier alpha value is -1.27. The van der Waals surface area contributed by atoms with Gasteiger partial charge >= 0.3 is 0 Å². The van der Waals surface area contributed by atoms with Crippen LogP contribution in [-0.2, 0) is 16.6 Å². The Morgan fingerprint density at radius 3 is 2.43 bits per heavy atom. The molecule has 4 nitrogen and oxygen atoms in total. The monoisotopic (exact) mass is 344 g/mol. The molecule has 0 amide bonds. The van der Waals surface area contributed by atoms with E-state index in [2.05, 4.69) is 4.72 Å². The molecular weight excluding hydrogens is 331 g/mol. The van der Waals surface area contributed by atoms with E-state index in [4.69, 9.17) is 28.9 Å². The van der Waals surface area contributed by atoms with Gasteiger partial charge in [0.15, 0.2) is 0 Å². The van der Waals surface area contributed by atoms with E-state index in [-0.39, 0.29) is 16.5 Å². The lowest BCUT2D eigenvalue weighted by Crippen LogP contribution is -2.14. The van der Waals surface area contributed by atoms with Gasteiger partial charge in [-0.25, -0.2) is 8.42 Å². The van der Waals surface area contributed by atoms with Crippen molar-refractivity contribution in [2.75, 3.05) is 4.72 Å². The van der Waals surface area contributed by atoms with E-state index in [0.29, 0.717) is 10.7 Å². The van der Waals surface area contributed by atoms with Crippen molar-refractivity contribution >= 4 is 38.9 Å². The molecule has 2 aromatic rings. The topological polar surface area (TPSA) is 72.2 Å². The van der Waals surface area contributed by atoms with Crippen LogP contribution in [0, 0.1) is 6.92 Å². The van der Waals surface area contributed by atoms with E-state index < -0.39 is 10.0 Å². The van der Waals surface area contributed by atoms with E-state index in [1.807, 2.05) is 6.92 Å². The maximum absolute atomic E-state index is 12.3. The molecule has 7 heteroatoms. The minimum atomic E-state index is -3.70. The normalized spacial score (nSPS) is 11.4. The molecule has 0 fully saturated rings. The molecule has 0 aromatic heterocycles. The van der Waals surface area contributed by atoms with Gasteiger partial charge in [-0.1, -0.05) is 29.3 Å². The Morgan fingerprint density at radius 1 is 1.10 bits per heavy atom. The third-order valence-corrected chi connectivity index (χ3v) is 5.14. The maximum atomic E-state index is 12.3. The van der Waals surface area contributed by atoms with Crippen LogP contribution >= 0.6 is 23.2 Å². The SMILES string of the molecule is Cc1ccc(S(=O)(=O)Nc2ccc(Cl)c(Cl)c2)cc1CN. The standard InChI is InChI=1S/C14H14Cl2N2O2S/c1-9-2-4-12(6-10(9)8-17)21(19,20)18-11-3-5-13(15)14(16)7-11/h2-7,18H,8,17H2,1H3. The van der Waals surface area contributed by atoms with Gasteiger partial charge in [0.25, 0.3) is 10.0 Å². The first-order chi connectivity index (χ1) is 9.83. The summed E-state index contributed by atoms with van der Waals surface area (Å²) in [4.78, 5) is 0.152. The molecule has 0 atom stereocenters. The van der Waals surface area contributed by atoms with Gasteiger partial charge in [0.05, 0.1) is 20.6 Å². The average molecular weight is 345 g/mol. The van der Waals surface area contributed by atoms with Crippen LogP contribution in [0.25, 0.3) is 0 Å². The summed E-state index contributed by atoms with van der Waals surface area (Å²) in [6.45, 7) is 2.16. The smallest absolute Gasteiger partial charge is 0.261 e. The zero-order chi connectivity index (χ0) is 15.6. The number of rotatable bonds is 4. The number of nitrogens with two attached hydrogens (primary N) is 1. The van der Waals surface area contributed by atoms with Gasteiger partial charge in [-0.05, 0) is 48.4 Å². The summed E-state index contributed by atoms with van der Waals surface area (Å²) < 4.78 is 27.2. The van der Waals surface area contributed by atoms with E-state index in [1.54, 1.807) is 18.2 Å². The van der Waals surface area contributed by atoms with Crippen molar-refractivity contribution in [2.45, 2.75) is 18.4 Å². The zero-order valence-electron chi connectivity index (χ0n) is 11.2. The van der Waals surface area contributed by atoms with Gasteiger partial charge in [-0.15, -0.1) is 0 Å².